The van der Waals surface area contributed by atoms with Crippen LogP contribution in [-0.4, -0.2) is 38.5 Å². The smallest absolute Gasteiger partial charge is 0.304 e. The molecule has 1 aliphatic rings. The Balaban J connectivity index is 2.51. The van der Waals surface area contributed by atoms with Crippen LogP contribution in [0.3, 0.4) is 0 Å². The SMILES string of the molecule is CC1OCCC1S(=O)C(C)CC(=O)O. The van der Waals surface area contributed by atoms with E-state index >= 15 is 0 Å². The Morgan fingerprint density at radius 1 is 1.71 bits per heavy atom. The number of carbonyl (C=O) groups is 1. The molecule has 14 heavy (non-hydrogen) atoms. The molecule has 0 amide bonds. The zero-order valence-corrected chi connectivity index (χ0v) is 9.25. The maximum absolute atomic E-state index is 11.9. The Morgan fingerprint density at radius 2 is 2.36 bits per heavy atom. The third-order valence-corrected chi connectivity index (χ3v) is 4.64. The van der Waals surface area contributed by atoms with Crippen LogP contribution in [0.1, 0.15) is 26.7 Å². The lowest BCUT2D eigenvalue weighted by Gasteiger charge is -2.17. The second-order valence-corrected chi connectivity index (χ2v) is 5.71. The predicted octanol–water partition coefficient (Wildman–Crippen LogP) is 0.776. The summed E-state index contributed by atoms with van der Waals surface area (Å²) in [5.74, 6) is -0.891. The van der Waals surface area contributed by atoms with Crippen LogP contribution in [0.15, 0.2) is 0 Å². The number of carboxylic acid groups (broad SMARTS) is 1. The summed E-state index contributed by atoms with van der Waals surface area (Å²) in [5.41, 5.74) is 0. The van der Waals surface area contributed by atoms with E-state index in [0.29, 0.717) is 6.61 Å². The molecule has 1 heterocycles. The fourth-order valence-electron chi connectivity index (χ4n) is 1.64. The fraction of sp³-hybridized carbons (Fsp3) is 0.889. The summed E-state index contributed by atoms with van der Waals surface area (Å²) in [5, 5.41) is 8.29. The van der Waals surface area contributed by atoms with Crippen molar-refractivity contribution in [2.75, 3.05) is 6.61 Å². The summed E-state index contributed by atoms with van der Waals surface area (Å²) < 4.78 is 17.2. The maximum Gasteiger partial charge on any atom is 0.304 e. The normalized spacial score (nSPS) is 31.3. The van der Waals surface area contributed by atoms with E-state index in [1.165, 1.54) is 0 Å². The molecule has 0 spiro atoms. The molecular formula is C9H16O4S. The van der Waals surface area contributed by atoms with Gasteiger partial charge in [-0.05, 0) is 13.3 Å². The van der Waals surface area contributed by atoms with Gasteiger partial charge in [-0.2, -0.15) is 0 Å². The van der Waals surface area contributed by atoms with Crippen molar-refractivity contribution in [3.05, 3.63) is 0 Å². The van der Waals surface area contributed by atoms with Gasteiger partial charge in [-0.15, -0.1) is 0 Å². The molecular weight excluding hydrogens is 204 g/mol. The molecule has 0 aromatic rings. The van der Waals surface area contributed by atoms with Crippen molar-refractivity contribution in [2.24, 2.45) is 0 Å². The second-order valence-electron chi connectivity index (χ2n) is 3.64. The van der Waals surface area contributed by atoms with E-state index in [1.54, 1.807) is 6.92 Å². The zero-order valence-electron chi connectivity index (χ0n) is 8.43. The van der Waals surface area contributed by atoms with Gasteiger partial charge in [0.15, 0.2) is 0 Å². The Bertz CT molecular complexity index is 241. The van der Waals surface area contributed by atoms with Crippen LogP contribution in [-0.2, 0) is 20.3 Å². The van der Waals surface area contributed by atoms with E-state index in [1.807, 2.05) is 6.92 Å². The van der Waals surface area contributed by atoms with Crippen LogP contribution >= 0.6 is 0 Å². The summed E-state index contributed by atoms with van der Waals surface area (Å²) in [7, 11) is -1.10. The Kier molecular flexibility index (Phi) is 4.07. The van der Waals surface area contributed by atoms with Crippen molar-refractivity contribution in [1.82, 2.24) is 0 Å². The van der Waals surface area contributed by atoms with Crippen molar-refractivity contribution >= 4 is 16.8 Å². The molecule has 0 aromatic carbocycles. The average Bonchev–Trinajstić information content (AvgIpc) is 2.48. The first-order valence-corrected chi connectivity index (χ1v) is 6.02. The molecule has 1 N–H and O–H groups in total. The highest BCUT2D eigenvalue weighted by Crippen LogP contribution is 2.22. The summed E-state index contributed by atoms with van der Waals surface area (Å²) in [6, 6.07) is 0. The van der Waals surface area contributed by atoms with Gasteiger partial charge < -0.3 is 9.84 Å². The van der Waals surface area contributed by atoms with E-state index < -0.39 is 16.8 Å². The van der Waals surface area contributed by atoms with Gasteiger partial charge in [0.2, 0.25) is 0 Å². The summed E-state index contributed by atoms with van der Waals surface area (Å²) >= 11 is 0. The van der Waals surface area contributed by atoms with Gasteiger partial charge in [-0.1, -0.05) is 6.92 Å². The standard InChI is InChI=1S/C9H16O4S/c1-6(5-9(10)11)14(12)8-3-4-13-7(8)2/h6-8H,3-5H2,1-2H3,(H,10,11). The molecule has 0 aromatic heterocycles. The minimum Gasteiger partial charge on any atom is -0.481 e. The lowest BCUT2D eigenvalue weighted by Crippen LogP contribution is -2.30. The molecule has 0 saturated carbocycles. The third-order valence-electron chi connectivity index (χ3n) is 2.46. The minimum absolute atomic E-state index is 0.00403. The summed E-state index contributed by atoms with van der Waals surface area (Å²) in [6.07, 6.45) is 0.736. The van der Waals surface area contributed by atoms with Crippen LogP contribution in [0.2, 0.25) is 0 Å². The first-order valence-electron chi connectivity index (χ1n) is 4.75. The lowest BCUT2D eigenvalue weighted by atomic mass is 10.2. The third kappa shape index (κ3) is 2.78. The van der Waals surface area contributed by atoms with Crippen LogP contribution in [0.4, 0.5) is 0 Å². The molecule has 1 saturated heterocycles. The first-order chi connectivity index (χ1) is 6.52. The number of rotatable bonds is 4. The van der Waals surface area contributed by atoms with E-state index in [4.69, 9.17) is 9.84 Å². The van der Waals surface area contributed by atoms with Crippen LogP contribution in [0.5, 0.6) is 0 Å². The van der Waals surface area contributed by atoms with Gasteiger partial charge in [-0.25, -0.2) is 0 Å². The highest BCUT2D eigenvalue weighted by Gasteiger charge is 2.32. The molecule has 4 unspecified atom stereocenters. The largest absolute Gasteiger partial charge is 0.481 e. The molecule has 0 radical (unpaired) electrons. The maximum atomic E-state index is 11.9. The average molecular weight is 220 g/mol. The number of carboxylic acids is 1. The highest BCUT2D eigenvalue weighted by atomic mass is 32.2. The van der Waals surface area contributed by atoms with Crippen molar-refractivity contribution in [2.45, 2.75) is 43.3 Å². The fourth-order valence-corrected chi connectivity index (χ4v) is 3.33. The zero-order chi connectivity index (χ0) is 10.7. The molecule has 4 atom stereocenters. The number of hydrogen-bond acceptors (Lipinski definition) is 3. The van der Waals surface area contributed by atoms with E-state index in [-0.39, 0.29) is 23.0 Å². The number of ether oxygens (including phenoxy) is 1. The summed E-state index contributed by atoms with van der Waals surface area (Å²) in [4.78, 5) is 10.4. The number of hydrogen-bond donors (Lipinski definition) is 1. The Morgan fingerprint density at radius 3 is 2.79 bits per heavy atom. The number of aliphatic carboxylic acids is 1. The molecule has 0 aliphatic carbocycles. The molecule has 82 valence electrons. The highest BCUT2D eigenvalue weighted by molar-refractivity contribution is 7.86. The van der Waals surface area contributed by atoms with Gasteiger partial charge in [-0.3, -0.25) is 9.00 Å². The molecule has 1 rings (SSSR count). The van der Waals surface area contributed by atoms with Crippen LogP contribution in [0.25, 0.3) is 0 Å². The molecule has 0 bridgehead atoms. The predicted molar refractivity (Wildman–Crippen MR) is 53.7 cm³/mol. The van der Waals surface area contributed by atoms with E-state index in [2.05, 4.69) is 0 Å². The van der Waals surface area contributed by atoms with Gasteiger partial charge >= 0.3 is 5.97 Å². The quantitative estimate of drug-likeness (QED) is 0.760. The topological polar surface area (TPSA) is 63.6 Å². The lowest BCUT2D eigenvalue weighted by molar-refractivity contribution is -0.136. The molecule has 4 nitrogen and oxygen atoms in total. The van der Waals surface area contributed by atoms with Gasteiger partial charge in [0, 0.05) is 22.7 Å². The van der Waals surface area contributed by atoms with Crippen LogP contribution < -0.4 is 0 Å². The van der Waals surface area contributed by atoms with Crippen molar-refractivity contribution in [3.63, 3.8) is 0 Å². The van der Waals surface area contributed by atoms with E-state index in [0.717, 1.165) is 6.42 Å². The van der Waals surface area contributed by atoms with Gasteiger partial charge in [0.25, 0.3) is 0 Å². The van der Waals surface area contributed by atoms with Gasteiger partial charge in [0.05, 0.1) is 17.8 Å². The Hall–Kier alpha value is -0.420. The van der Waals surface area contributed by atoms with Crippen molar-refractivity contribution < 1.29 is 18.8 Å². The Labute approximate surface area is 86.1 Å². The monoisotopic (exact) mass is 220 g/mol. The van der Waals surface area contributed by atoms with Gasteiger partial charge in [0.1, 0.15) is 0 Å². The van der Waals surface area contributed by atoms with Crippen molar-refractivity contribution in [1.29, 1.82) is 0 Å². The first kappa shape index (κ1) is 11.7. The van der Waals surface area contributed by atoms with E-state index in [9.17, 15) is 9.00 Å². The minimum atomic E-state index is -1.10. The summed E-state index contributed by atoms with van der Waals surface area (Å²) in [6.45, 7) is 4.25. The molecule has 1 aliphatic heterocycles. The van der Waals surface area contributed by atoms with Crippen LogP contribution in [0, 0.1) is 0 Å². The molecule has 5 heteroatoms. The second kappa shape index (κ2) is 4.89. The van der Waals surface area contributed by atoms with Crippen molar-refractivity contribution in [3.8, 4) is 0 Å². The molecule has 1 fully saturated rings.